The second-order valence-electron chi connectivity index (χ2n) is 4.36. The Kier molecular flexibility index (Phi) is 4.39. The van der Waals surface area contributed by atoms with Crippen molar-refractivity contribution >= 4 is 23.3 Å². The van der Waals surface area contributed by atoms with Gasteiger partial charge in [-0.25, -0.2) is 4.79 Å². The van der Waals surface area contributed by atoms with Crippen molar-refractivity contribution in [3.63, 3.8) is 0 Å². The normalized spacial score (nSPS) is 16.1. The summed E-state index contributed by atoms with van der Waals surface area (Å²) in [5, 5.41) is 5.20. The van der Waals surface area contributed by atoms with Crippen LogP contribution in [-0.4, -0.2) is 37.1 Å². The van der Waals surface area contributed by atoms with Crippen molar-refractivity contribution in [3.8, 4) is 0 Å². The van der Waals surface area contributed by atoms with Gasteiger partial charge >= 0.3 is 12.2 Å². The largest absolute Gasteiger partial charge is 0.417 e. The summed E-state index contributed by atoms with van der Waals surface area (Å²) in [6.07, 6.45) is -4.50. The van der Waals surface area contributed by atoms with Crippen molar-refractivity contribution in [1.29, 1.82) is 0 Å². The molecular weight excluding hydrogens is 295 g/mol. The van der Waals surface area contributed by atoms with Gasteiger partial charge in [-0.2, -0.15) is 13.2 Å². The van der Waals surface area contributed by atoms with E-state index in [1.54, 1.807) is 4.90 Å². The van der Waals surface area contributed by atoms with E-state index < -0.39 is 16.8 Å². The lowest BCUT2D eigenvalue weighted by molar-refractivity contribution is -0.137. The molecule has 0 saturated carbocycles. The number of nitrogens with zero attached hydrogens (tertiary/aromatic N) is 1. The zero-order valence-electron chi connectivity index (χ0n) is 10.4. The third-order valence-corrected chi connectivity index (χ3v) is 3.24. The predicted molar refractivity (Wildman–Crippen MR) is 69.9 cm³/mol. The molecule has 0 unspecified atom stereocenters. The van der Waals surface area contributed by atoms with Crippen LogP contribution in [-0.2, 0) is 6.18 Å². The van der Waals surface area contributed by atoms with Crippen molar-refractivity contribution < 1.29 is 18.0 Å². The first-order chi connectivity index (χ1) is 9.38. The Balaban J connectivity index is 2.06. The first kappa shape index (κ1) is 14.9. The Labute approximate surface area is 118 Å². The number of piperazine rings is 1. The zero-order chi connectivity index (χ0) is 14.8. The molecule has 0 radical (unpaired) electrons. The highest BCUT2D eigenvalue weighted by molar-refractivity contribution is 6.31. The van der Waals surface area contributed by atoms with Crippen molar-refractivity contribution in [2.45, 2.75) is 6.18 Å². The molecule has 20 heavy (non-hydrogen) atoms. The number of halogens is 4. The van der Waals surface area contributed by atoms with E-state index in [1.807, 2.05) is 0 Å². The summed E-state index contributed by atoms with van der Waals surface area (Å²) >= 11 is 5.59. The fraction of sp³-hybridized carbons (Fsp3) is 0.417. The molecule has 1 saturated heterocycles. The van der Waals surface area contributed by atoms with E-state index in [-0.39, 0.29) is 11.7 Å². The minimum absolute atomic E-state index is 0.242. The molecule has 4 nitrogen and oxygen atoms in total. The molecule has 2 amide bonds. The molecule has 2 rings (SSSR count). The van der Waals surface area contributed by atoms with Crippen LogP contribution in [0.2, 0.25) is 5.02 Å². The zero-order valence-corrected chi connectivity index (χ0v) is 11.2. The second-order valence-corrected chi connectivity index (χ2v) is 4.77. The molecule has 1 aromatic carbocycles. The van der Waals surface area contributed by atoms with Crippen LogP contribution in [0.1, 0.15) is 5.56 Å². The molecule has 1 fully saturated rings. The minimum Gasteiger partial charge on any atom is -0.322 e. The van der Waals surface area contributed by atoms with E-state index >= 15 is 0 Å². The number of benzene rings is 1. The fourth-order valence-corrected chi connectivity index (χ4v) is 2.18. The number of carbonyl (C=O) groups excluding carboxylic acids is 1. The maximum atomic E-state index is 12.5. The van der Waals surface area contributed by atoms with Crippen LogP contribution < -0.4 is 10.6 Å². The van der Waals surface area contributed by atoms with E-state index in [9.17, 15) is 18.0 Å². The average molecular weight is 308 g/mol. The number of urea groups is 1. The van der Waals surface area contributed by atoms with Gasteiger partial charge in [-0.15, -0.1) is 0 Å². The number of rotatable bonds is 1. The number of alkyl halides is 3. The maximum Gasteiger partial charge on any atom is 0.417 e. The molecular formula is C12H13ClF3N3O. The Morgan fingerprint density at radius 3 is 2.50 bits per heavy atom. The molecule has 110 valence electrons. The standard InChI is InChI=1S/C12H13ClF3N3O/c13-10-7-8(1-2-9(10)12(14,15)16)18-11(20)19-5-3-17-4-6-19/h1-2,7,17H,3-6H2,(H,18,20). The van der Waals surface area contributed by atoms with Crippen LogP contribution in [0.4, 0.5) is 23.7 Å². The summed E-state index contributed by atoms with van der Waals surface area (Å²) in [7, 11) is 0. The molecule has 1 aliphatic rings. The Morgan fingerprint density at radius 1 is 1.30 bits per heavy atom. The summed E-state index contributed by atoms with van der Waals surface area (Å²) in [4.78, 5) is 13.5. The average Bonchev–Trinajstić information content (AvgIpc) is 2.38. The summed E-state index contributed by atoms with van der Waals surface area (Å²) in [5.41, 5.74) is -0.675. The number of nitrogens with one attached hydrogen (secondary N) is 2. The van der Waals surface area contributed by atoms with Crippen molar-refractivity contribution in [1.82, 2.24) is 10.2 Å². The topological polar surface area (TPSA) is 44.4 Å². The molecule has 1 aliphatic heterocycles. The quantitative estimate of drug-likeness (QED) is 0.838. The predicted octanol–water partition coefficient (Wildman–Crippen LogP) is 2.80. The lowest BCUT2D eigenvalue weighted by atomic mass is 10.2. The number of amides is 2. The van der Waals surface area contributed by atoms with Crippen LogP contribution in [0.5, 0.6) is 0 Å². The highest BCUT2D eigenvalue weighted by Crippen LogP contribution is 2.35. The molecule has 0 spiro atoms. The molecule has 0 atom stereocenters. The summed E-state index contributed by atoms with van der Waals surface area (Å²) < 4.78 is 37.6. The Hall–Kier alpha value is -1.47. The molecule has 0 bridgehead atoms. The van der Waals surface area contributed by atoms with Crippen LogP contribution in [0.3, 0.4) is 0 Å². The number of hydrogen-bond donors (Lipinski definition) is 2. The summed E-state index contributed by atoms with van der Waals surface area (Å²) in [5.74, 6) is 0. The summed E-state index contributed by atoms with van der Waals surface area (Å²) in [6, 6.07) is 2.80. The van der Waals surface area contributed by atoms with E-state index in [0.717, 1.165) is 12.1 Å². The minimum atomic E-state index is -4.50. The van der Waals surface area contributed by atoms with Gasteiger partial charge in [-0.3, -0.25) is 0 Å². The van der Waals surface area contributed by atoms with Crippen LogP contribution >= 0.6 is 11.6 Å². The van der Waals surface area contributed by atoms with Gasteiger partial charge in [-0.1, -0.05) is 11.6 Å². The van der Waals surface area contributed by atoms with Gasteiger partial charge in [0.05, 0.1) is 10.6 Å². The monoisotopic (exact) mass is 307 g/mol. The lowest BCUT2D eigenvalue weighted by Crippen LogP contribution is -2.48. The third-order valence-electron chi connectivity index (χ3n) is 2.93. The Bertz CT molecular complexity index is 501. The highest BCUT2D eigenvalue weighted by atomic mass is 35.5. The van der Waals surface area contributed by atoms with Gasteiger partial charge in [0.2, 0.25) is 0 Å². The molecule has 0 aromatic heterocycles. The van der Waals surface area contributed by atoms with Gasteiger partial charge in [0, 0.05) is 31.9 Å². The Morgan fingerprint density at radius 2 is 1.95 bits per heavy atom. The smallest absolute Gasteiger partial charge is 0.322 e. The van der Waals surface area contributed by atoms with Crippen LogP contribution in [0.15, 0.2) is 18.2 Å². The van der Waals surface area contributed by atoms with Crippen molar-refractivity contribution in [3.05, 3.63) is 28.8 Å². The van der Waals surface area contributed by atoms with Crippen molar-refractivity contribution in [2.75, 3.05) is 31.5 Å². The van der Waals surface area contributed by atoms with Gasteiger partial charge in [0.25, 0.3) is 0 Å². The van der Waals surface area contributed by atoms with Gasteiger partial charge in [0.15, 0.2) is 0 Å². The van der Waals surface area contributed by atoms with Gasteiger partial charge < -0.3 is 15.5 Å². The molecule has 2 N–H and O–H groups in total. The molecule has 1 aromatic rings. The van der Waals surface area contributed by atoms with Crippen LogP contribution in [0, 0.1) is 0 Å². The molecule has 1 heterocycles. The lowest BCUT2D eigenvalue weighted by Gasteiger charge is -2.27. The SMILES string of the molecule is O=C(Nc1ccc(C(F)(F)F)c(Cl)c1)N1CCNCC1. The highest BCUT2D eigenvalue weighted by Gasteiger charge is 2.33. The first-order valence-electron chi connectivity index (χ1n) is 6.01. The molecule has 8 heteroatoms. The maximum absolute atomic E-state index is 12.5. The van der Waals surface area contributed by atoms with E-state index in [0.29, 0.717) is 26.2 Å². The van der Waals surface area contributed by atoms with Gasteiger partial charge in [-0.05, 0) is 18.2 Å². The van der Waals surface area contributed by atoms with E-state index in [1.165, 1.54) is 6.07 Å². The molecule has 0 aliphatic carbocycles. The van der Waals surface area contributed by atoms with E-state index in [4.69, 9.17) is 11.6 Å². The number of anilines is 1. The number of carbonyl (C=O) groups is 1. The summed E-state index contributed by atoms with van der Waals surface area (Å²) in [6.45, 7) is 2.50. The van der Waals surface area contributed by atoms with Crippen LogP contribution in [0.25, 0.3) is 0 Å². The fourth-order valence-electron chi connectivity index (χ4n) is 1.89. The number of hydrogen-bond acceptors (Lipinski definition) is 2. The first-order valence-corrected chi connectivity index (χ1v) is 6.39. The van der Waals surface area contributed by atoms with Gasteiger partial charge in [0.1, 0.15) is 0 Å². The third kappa shape index (κ3) is 3.55. The van der Waals surface area contributed by atoms with Crippen molar-refractivity contribution in [2.24, 2.45) is 0 Å². The second kappa shape index (κ2) is 5.88. The van der Waals surface area contributed by atoms with E-state index in [2.05, 4.69) is 10.6 Å².